The summed E-state index contributed by atoms with van der Waals surface area (Å²) in [4.78, 5) is 39.9. The minimum Gasteiger partial charge on any atom is -0.496 e. The SMILES string of the molecule is COc1ccc(Cl)cc1C(=O)CCCN1CCC2(CC1)NC(=O)N(C)C2=O.Cl. The summed E-state index contributed by atoms with van der Waals surface area (Å²) in [5, 5.41) is 3.34. The number of Topliss-reactive ketones (excluding diaryl/α,β-unsaturated/α-hetero) is 1. The van der Waals surface area contributed by atoms with Gasteiger partial charge < -0.3 is 15.0 Å². The highest BCUT2D eigenvalue weighted by Crippen LogP contribution is 2.29. The largest absolute Gasteiger partial charge is 0.496 e. The average Bonchev–Trinajstić information content (AvgIpc) is 2.87. The highest BCUT2D eigenvalue weighted by molar-refractivity contribution is 6.31. The van der Waals surface area contributed by atoms with Crippen molar-refractivity contribution in [1.82, 2.24) is 15.1 Å². The maximum atomic E-state index is 12.5. The van der Waals surface area contributed by atoms with Gasteiger partial charge in [0, 0.05) is 31.6 Å². The van der Waals surface area contributed by atoms with E-state index in [-0.39, 0.29) is 30.1 Å². The number of imide groups is 1. The number of likely N-dealkylation sites (N-methyl/N-ethyl adjacent to an activating group) is 1. The van der Waals surface area contributed by atoms with Gasteiger partial charge in [-0.15, -0.1) is 12.4 Å². The van der Waals surface area contributed by atoms with Crippen LogP contribution in [-0.4, -0.2) is 66.9 Å². The number of nitrogens with one attached hydrogen (secondary N) is 1. The van der Waals surface area contributed by atoms with Gasteiger partial charge in [-0.3, -0.25) is 14.5 Å². The lowest BCUT2D eigenvalue weighted by Crippen LogP contribution is -2.54. The Labute approximate surface area is 175 Å². The van der Waals surface area contributed by atoms with Crippen molar-refractivity contribution in [2.75, 3.05) is 33.8 Å². The second-order valence-corrected chi connectivity index (χ2v) is 7.53. The van der Waals surface area contributed by atoms with E-state index in [2.05, 4.69) is 10.2 Å². The third-order valence-electron chi connectivity index (χ3n) is 5.41. The predicted octanol–water partition coefficient (Wildman–Crippen LogP) is 2.75. The first kappa shape index (κ1) is 22.5. The third-order valence-corrected chi connectivity index (χ3v) is 5.65. The molecule has 0 aromatic heterocycles. The smallest absolute Gasteiger partial charge is 0.324 e. The summed E-state index contributed by atoms with van der Waals surface area (Å²) >= 11 is 5.99. The molecule has 7 nitrogen and oxygen atoms in total. The molecule has 0 saturated carbocycles. The molecule has 1 N–H and O–H groups in total. The lowest BCUT2D eigenvalue weighted by Gasteiger charge is -2.37. The molecule has 2 heterocycles. The molecule has 0 aliphatic carbocycles. The molecule has 2 saturated heterocycles. The van der Waals surface area contributed by atoms with Crippen LogP contribution in [0.1, 0.15) is 36.0 Å². The number of nitrogens with zero attached hydrogens (tertiary/aromatic N) is 2. The number of hydrogen-bond donors (Lipinski definition) is 1. The first-order valence-corrected chi connectivity index (χ1v) is 9.43. The number of halogens is 2. The molecular weight excluding hydrogens is 405 g/mol. The van der Waals surface area contributed by atoms with Crippen molar-refractivity contribution in [2.45, 2.75) is 31.2 Å². The molecule has 2 fully saturated rings. The van der Waals surface area contributed by atoms with Crippen LogP contribution in [0.2, 0.25) is 5.02 Å². The van der Waals surface area contributed by atoms with Crippen LogP contribution in [0.15, 0.2) is 18.2 Å². The van der Waals surface area contributed by atoms with E-state index in [0.29, 0.717) is 55.1 Å². The van der Waals surface area contributed by atoms with Gasteiger partial charge in [-0.25, -0.2) is 4.79 Å². The Morgan fingerprint density at radius 1 is 1.29 bits per heavy atom. The number of ketones is 1. The van der Waals surface area contributed by atoms with Crippen molar-refractivity contribution in [3.05, 3.63) is 28.8 Å². The Kier molecular flexibility index (Phi) is 7.31. The molecular formula is C19H25Cl2N3O4. The van der Waals surface area contributed by atoms with Gasteiger partial charge in [-0.1, -0.05) is 11.6 Å². The molecule has 3 rings (SSSR count). The van der Waals surface area contributed by atoms with E-state index in [1.807, 2.05) is 0 Å². The Morgan fingerprint density at radius 2 is 1.96 bits per heavy atom. The number of urea groups is 1. The van der Waals surface area contributed by atoms with Crippen molar-refractivity contribution >= 4 is 41.7 Å². The van der Waals surface area contributed by atoms with Gasteiger partial charge in [0.1, 0.15) is 11.3 Å². The Hall–Kier alpha value is -1.83. The fourth-order valence-corrected chi connectivity index (χ4v) is 3.92. The van der Waals surface area contributed by atoms with Gasteiger partial charge in [0.2, 0.25) is 0 Å². The van der Waals surface area contributed by atoms with Gasteiger partial charge in [0.25, 0.3) is 5.91 Å². The number of rotatable bonds is 6. The third kappa shape index (κ3) is 4.42. The molecule has 28 heavy (non-hydrogen) atoms. The molecule has 9 heteroatoms. The van der Waals surface area contributed by atoms with Gasteiger partial charge in [0.05, 0.1) is 12.7 Å². The Balaban J connectivity index is 0.00000280. The first-order chi connectivity index (χ1) is 12.9. The summed E-state index contributed by atoms with van der Waals surface area (Å²) in [6.07, 6.45) is 2.30. The van der Waals surface area contributed by atoms with Gasteiger partial charge in [-0.2, -0.15) is 0 Å². The molecule has 1 spiro atoms. The molecule has 0 bridgehead atoms. The Bertz CT molecular complexity index is 764. The quantitative estimate of drug-likeness (QED) is 0.555. The number of hydrogen-bond acceptors (Lipinski definition) is 5. The number of amides is 3. The van der Waals surface area contributed by atoms with Crippen molar-refractivity contribution in [2.24, 2.45) is 0 Å². The predicted molar refractivity (Wildman–Crippen MR) is 109 cm³/mol. The topological polar surface area (TPSA) is 79.0 Å². The minimum atomic E-state index is -0.744. The van der Waals surface area contributed by atoms with Crippen molar-refractivity contribution in [3.8, 4) is 5.75 Å². The molecule has 2 aliphatic heterocycles. The van der Waals surface area contributed by atoms with E-state index >= 15 is 0 Å². The first-order valence-electron chi connectivity index (χ1n) is 9.06. The van der Waals surface area contributed by atoms with Gasteiger partial charge in [0.15, 0.2) is 5.78 Å². The maximum absolute atomic E-state index is 12.5. The van der Waals surface area contributed by atoms with Crippen LogP contribution < -0.4 is 10.1 Å². The molecule has 0 unspecified atom stereocenters. The normalized spacial score (nSPS) is 18.8. The van der Waals surface area contributed by atoms with Crippen LogP contribution in [0.4, 0.5) is 4.79 Å². The van der Waals surface area contributed by atoms with E-state index < -0.39 is 5.54 Å². The Morgan fingerprint density at radius 3 is 2.54 bits per heavy atom. The second-order valence-electron chi connectivity index (χ2n) is 7.09. The number of ether oxygens (including phenoxy) is 1. The molecule has 1 aromatic rings. The average molecular weight is 430 g/mol. The van der Waals surface area contributed by atoms with E-state index in [1.54, 1.807) is 18.2 Å². The lowest BCUT2D eigenvalue weighted by atomic mass is 9.87. The summed E-state index contributed by atoms with van der Waals surface area (Å²) in [6, 6.07) is 4.71. The number of carbonyl (C=O) groups excluding carboxylic acids is 3. The summed E-state index contributed by atoms with van der Waals surface area (Å²) in [6.45, 7) is 2.20. The fourth-order valence-electron chi connectivity index (χ4n) is 3.75. The molecule has 0 atom stereocenters. The minimum absolute atomic E-state index is 0. The van der Waals surface area contributed by atoms with E-state index in [9.17, 15) is 14.4 Å². The highest BCUT2D eigenvalue weighted by atomic mass is 35.5. The molecule has 3 amide bonds. The van der Waals surface area contributed by atoms with E-state index in [4.69, 9.17) is 16.3 Å². The van der Waals surface area contributed by atoms with Crippen LogP contribution in [0.5, 0.6) is 5.75 Å². The van der Waals surface area contributed by atoms with Crippen LogP contribution in [0.25, 0.3) is 0 Å². The second kappa shape index (κ2) is 9.11. The van der Waals surface area contributed by atoms with E-state index in [1.165, 1.54) is 14.2 Å². The van der Waals surface area contributed by atoms with Crippen molar-refractivity contribution in [1.29, 1.82) is 0 Å². The summed E-state index contributed by atoms with van der Waals surface area (Å²) in [7, 11) is 3.04. The number of piperidine rings is 1. The van der Waals surface area contributed by atoms with Crippen LogP contribution in [-0.2, 0) is 4.79 Å². The summed E-state index contributed by atoms with van der Waals surface area (Å²) in [5.74, 6) is 0.391. The van der Waals surface area contributed by atoms with Crippen LogP contribution >= 0.6 is 24.0 Å². The van der Waals surface area contributed by atoms with Gasteiger partial charge >= 0.3 is 6.03 Å². The summed E-state index contributed by atoms with van der Waals surface area (Å²) < 4.78 is 5.24. The lowest BCUT2D eigenvalue weighted by molar-refractivity contribution is -0.132. The van der Waals surface area contributed by atoms with Crippen LogP contribution in [0.3, 0.4) is 0 Å². The highest BCUT2D eigenvalue weighted by Gasteiger charge is 2.50. The fraction of sp³-hybridized carbons (Fsp3) is 0.526. The number of benzene rings is 1. The molecule has 0 radical (unpaired) electrons. The zero-order valence-corrected chi connectivity index (χ0v) is 17.6. The number of carbonyl (C=O) groups is 3. The maximum Gasteiger partial charge on any atom is 0.324 e. The number of likely N-dealkylation sites (tertiary alicyclic amines) is 1. The van der Waals surface area contributed by atoms with Crippen molar-refractivity contribution < 1.29 is 19.1 Å². The molecule has 1 aromatic carbocycles. The van der Waals surface area contributed by atoms with Crippen molar-refractivity contribution in [3.63, 3.8) is 0 Å². The molecule has 154 valence electrons. The molecule has 2 aliphatic rings. The standard InChI is InChI=1S/C19H24ClN3O4.ClH/c1-22-17(25)19(21-18(22)26)7-10-23(11-8-19)9-3-4-15(24)14-12-13(20)5-6-16(14)27-2;/h5-6,12H,3-4,7-11H2,1-2H3,(H,21,26);1H. The zero-order valence-electron chi connectivity index (χ0n) is 16.0. The van der Waals surface area contributed by atoms with E-state index in [0.717, 1.165) is 11.4 Å². The summed E-state index contributed by atoms with van der Waals surface area (Å²) in [5.41, 5.74) is -0.239. The number of methoxy groups -OCH3 is 1. The van der Waals surface area contributed by atoms with Crippen LogP contribution in [0, 0.1) is 0 Å². The monoisotopic (exact) mass is 429 g/mol. The zero-order chi connectivity index (χ0) is 19.6. The van der Waals surface area contributed by atoms with Gasteiger partial charge in [-0.05, 0) is 44.0 Å².